The normalized spacial score (nSPS) is 24.3. The van der Waals surface area contributed by atoms with Crippen LogP contribution in [0, 0.1) is 5.92 Å². The molecule has 0 aromatic heterocycles. The first-order valence-electron chi connectivity index (χ1n) is 47.2. The number of amides is 7. The fourth-order valence-corrected chi connectivity index (χ4v) is 15.9. The topological polar surface area (TPSA) is 544 Å². The van der Waals surface area contributed by atoms with Crippen molar-refractivity contribution in [1.82, 2.24) is 37.2 Å². The maximum atomic E-state index is 14.1. The zero-order chi connectivity index (χ0) is 98.0. The van der Waals surface area contributed by atoms with Crippen molar-refractivity contribution >= 4 is 95.1 Å². The molecule has 0 aromatic rings. The highest BCUT2D eigenvalue weighted by molar-refractivity contribution is 5.80. The van der Waals surface area contributed by atoms with E-state index >= 15 is 0 Å². The first-order valence-corrected chi connectivity index (χ1v) is 47.2. The fourth-order valence-electron chi connectivity index (χ4n) is 15.9. The van der Waals surface area contributed by atoms with Gasteiger partial charge in [-0.25, -0.2) is 0 Å². The van der Waals surface area contributed by atoms with Crippen molar-refractivity contribution in [1.29, 1.82) is 0 Å². The molecule has 0 spiro atoms. The Hall–Kier alpha value is -8.88. The SMILES string of the molecule is CC(=O)N[C@H]1[C@H](OCCCCCCCCCNC(=O)CCOC2[C@H](OCCC(=O)NCCCCCCCCCO[C@@H]3O[C@H](COC(C)=O)[C@H](OC(C)=O)[C@H](OC(C)=O)[C@H]3NC(C)=O)CC(C(=O)NCCCCCCO)C[C@H]2OCCC(=O)NCCCCCCCCCO[C@@H]2O[C@H](COC(C)=O)[C@H](OC(C)=O)[C@H](OC(C)=O)[C@H]2NC(C)=O)O[C@H](COC(C)=O)[C@H](OC(C)=O)[C@@H]1OC(C)=O. The molecule has 4 rings (SSSR count). The highest BCUT2D eigenvalue weighted by Gasteiger charge is 2.55. The van der Waals surface area contributed by atoms with Crippen LogP contribution in [0.4, 0.5) is 0 Å². The number of aliphatic hydroxyl groups excluding tert-OH is 1. The molecule has 42 nitrogen and oxygen atoms in total. The summed E-state index contributed by atoms with van der Waals surface area (Å²) < 4.78 is 105. The lowest BCUT2D eigenvalue weighted by atomic mass is 9.82. The van der Waals surface area contributed by atoms with Gasteiger partial charge in [0.1, 0.15) is 62.4 Å². The number of esters is 9. The summed E-state index contributed by atoms with van der Waals surface area (Å²) in [6.07, 6.45) is 3.32. The van der Waals surface area contributed by atoms with Crippen LogP contribution in [-0.4, -0.2) is 303 Å². The molecule has 4 aliphatic rings. The van der Waals surface area contributed by atoms with Gasteiger partial charge in [0, 0.05) is 161 Å². The van der Waals surface area contributed by atoms with Crippen LogP contribution in [0.1, 0.15) is 276 Å². The van der Waals surface area contributed by atoms with Gasteiger partial charge < -0.3 is 128 Å². The Morgan fingerprint density at radius 1 is 0.271 bits per heavy atom. The van der Waals surface area contributed by atoms with Crippen molar-refractivity contribution in [2.75, 3.05) is 92.2 Å². The molecule has 1 aliphatic carbocycles. The molecule has 7 amide bonds. The van der Waals surface area contributed by atoms with Gasteiger partial charge in [0.2, 0.25) is 41.4 Å². The zero-order valence-electron chi connectivity index (χ0n) is 79.9. The largest absolute Gasteiger partial charge is 0.463 e. The van der Waals surface area contributed by atoms with E-state index in [1.54, 1.807) is 0 Å². The highest BCUT2D eigenvalue weighted by Crippen LogP contribution is 2.35. The maximum absolute atomic E-state index is 14.1. The number of ether oxygens (including phenoxy) is 18. The third kappa shape index (κ3) is 50.0. The summed E-state index contributed by atoms with van der Waals surface area (Å²) in [4.78, 5) is 200. The van der Waals surface area contributed by atoms with Gasteiger partial charge in [-0.3, -0.25) is 76.7 Å². The number of hydrogen-bond acceptors (Lipinski definition) is 35. The van der Waals surface area contributed by atoms with E-state index in [1.165, 1.54) is 41.5 Å². The number of unbranched alkanes of at least 4 members (excludes halogenated alkanes) is 21. The summed E-state index contributed by atoms with van der Waals surface area (Å²) in [5.74, 6) is -9.25. The molecule has 0 bridgehead atoms. The van der Waals surface area contributed by atoms with E-state index in [2.05, 4.69) is 37.2 Å². The summed E-state index contributed by atoms with van der Waals surface area (Å²) in [7, 11) is 0. The molecule has 0 radical (unpaired) electrons. The second kappa shape index (κ2) is 67.3. The number of hydrogen-bond donors (Lipinski definition) is 8. The summed E-state index contributed by atoms with van der Waals surface area (Å²) in [5.41, 5.74) is 0. The van der Waals surface area contributed by atoms with E-state index in [9.17, 15) is 81.8 Å². The third-order valence-corrected chi connectivity index (χ3v) is 22.0. The van der Waals surface area contributed by atoms with Gasteiger partial charge in [-0.05, 0) is 64.2 Å². The van der Waals surface area contributed by atoms with Crippen LogP contribution in [0.25, 0.3) is 0 Å². The predicted octanol–water partition coefficient (Wildman–Crippen LogP) is 4.95. The second-order valence-electron chi connectivity index (χ2n) is 33.7. The van der Waals surface area contributed by atoms with Crippen LogP contribution in [0.15, 0.2) is 0 Å². The zero-order valence-corrected chi connectivity index (χ0v) is 79.9. The van der Waals surface area contributed by atoms with Gasteiger partial charge in [0.15, 0.2) is 55.5 Å². The Balaban J connectivity index is 1.33. The molecule has 17 atom stereocenters. The van der Waals surface area contributed by atoms with Gasteiger partial charge in [-0.15, -0.1) is 0 Å². The summed E-state index contributed by atoms with van der Waals surface area (Å²) in [5, 5.41) is 29.4. The van der Waals surface area contributed by atoms with Crippen molar-refractivity contribution in [2.45, 2.75) is 386 Å². The van der Waals surface area contributed by atoms with Crippen molar-refractivity contribution in [2.24, 2.45) is 5.92 Å². The molecule has 42 heteroatoms. The van der Waals surface area contributed by atoms with Gasteiger partial charge >= 0.3 is 53.7 Å². The Morgan fingerprint density at radius 3 is 0.782 bits per heavy atom. The maximum Gasteiger partial charge on any atom is 0.303 e. The molecule has 0 unspecified atom stereocenters. The molecule has 4 fully saturated rings. The Kier molecular flexibility index (Phi) is 59.0. The van der Waals surface area contributed by atoms with Gasteiger partial charge in [-0.1, -0.05) is 109 Å². The third-order valence-electron chi connectivity index (χ3n) is 22.0. The second-order valence-corrected chi connectivity index (χ2v) is 33.7. The minimum Gasteiger partial charge on any atom is -0.463 e. The molecule has 3 aliphatic heterocycles. The lowest BCUT2D eigenvalue weighted by molar-refractivity contribution is -0.277. The van der Waals surface area contributed by atoms with E-state index in [1.807, 2.05) is 0 Å². The van der Waals surface area contributed by atoms with E-state index in [0.717, 1.165) is 151 Å². The standard InChI is InChI=1S/C91H151N7O35/c1-57(100)96-78-85(128-66(10)109)82(125-63(7)106)72(54-122-60(4)103)131-89(78)119-46-35-27-19-13-16-22-30-41-92-75(112)38-49-116-70-52-69(88(115)95-44-33-25-26-34-45-99)53-71(117-50-39-76(113)93-42-31-23-17-14-20-28-36-47-120-90-79(97-58(2)101)86(129-67(11)110)83(126-64(8)107)73(132-90)55-123-61(5)104)81(70)118-51-40-77(114)94-43-32-24-18-15-21-29-37-48-121-91-80(98-59(3)102)87(130-68(12)111)84(127-65(9)108)74(133-91)56-124-62(6)105/h69-74,78-87,89-91,99H,13-56H2,1-12H3,(H,92,112)(H,93,113)(H,94,114)(H,95,115)(H,96,100)(H,97,101)(H,98,102)/t69?,70-,71-,72-,73-,74-,78-,79-,80-,81?,82+,83+,84+,85-,86-,87-,89-,90-,91-/m1/s1. The molecule has 3 heterocycles. The highest BCUT2D eigenvalue weighted by atomic mass is 16.7. The molecular weight excluding hydrogens is 1750 g/mol. The number of nitrogens with one attached hydrogen (secondary N) is 7. The first-order chi connectivity index (χ1) is 63.6. The lowest BCUT2D eigenvalue weighted by Gasteiger charge is -2.44. The van der Waals surface area contributed by atoms with Crippen LogP contribution in [-0.2, 0) is 162 Å². The number of carbonyl (C=O) groups is 16. The Labute approximate surface area is 780 Å². The number of rotatable bonds is 67. The monoisotopic (exact) mass is 1900 g/mol. The average molecular weight is 1900 g/mol. The van der Waals surface area contributed by atoms with Crippen molar-refractivity contribution < 1.29 is 167 Å². The van der Waals surface area contributed by atoms with Crippen LogP contribution in [0.3, 0.4) is 0 Å². The van der Waals surface area contributed by atoms with Crippen LogP contribution in [0.5, 0.6) is 0 Å². The van der Waals surface area contributed by atoms with Gasteiger partial charge in [0.25, 0.3) is 0 Å². The quantitative estimate of drug-likeness (QED) is 0.0227. The first kappa shape index (κ1) is 116. The van der Waals surface area contributed by atoms with E-state index < -0.39 is 188 Å². The molecule has 1 saturated carbocycles. The van der Waals surface area contributed by atoms with Crippen LogP contribution < -0.4 is 37.2 Å². The van der Waals surface area contributed by atoms with Crippen LogP contribution in [0.2, 0.25) is 0 Å². The predicted molar refractivity (Wildman–Crippen MR) is 470 cm³/mol. The molecule has 133 heavy (non-hydrogen) atoms. The molecule has 760 valence electrons. The number of carbonyl (C=O) groups excluding carboxylic acids is 16. The van der Waals surface area contributed by atoms with E-state index in [0.29, 0.717) is 77.5 Å². The van der Waals surface area contributed by atoms with Gasteiger partial charge in [-0.2, -0.15) is 0 Å². The van der Waals surface area contributed by atoms with Crippen LogP contribution >= 0.6 is 0 Å². The summed E-state index contributed by atoms with van der Waals surface area (Å²) in [6, 6.07) is -3.22. The van der Waals surface area contributed by atoms with Crippen molar-refractivity contribution in [3.8, 4) is 0 Å². The Bertz CT molecular complexity index is 3400. The van der Waals surface area contributed by atoms with Crippen molar-refractivity contribution in [3.05, 3.63) is 0 Å². The summed E-state index contributed by atoms with van der Waals surface area (Å²) >= 11 is 0. The van der Waals surface area contributed by atoms with Crippen molar-refractivity contribution in [3.63, 3.8) is 0 Å². The minimum atomic E-state index is -1.24. The smallest absolute Gasteiger partial charge is 0.303 e. The van der Waals surface area contributed by atoms with E-state index in [-0.39, 0.29) is 122 Å². The molecular formula is C91H151N7O35. The number of aliphatic hydroxyl groups is 1. The molecule has 3 saturated heterocycles. The summed E-state index contributed by atoms with van der Waals surface area (Å²) in [6.45, 7) is 15.4. The minimum absolute atomic E-state index is 0.0174. The average Bonchev–Trinajstić information content (AvgIpc) is 0.793. The Morgan fingerprint density at radius 2 is 0.519 bits per heavy atom. The molecule has 0 aromatic carbocycles. The fraction of sp³-hybridized carbons (Fsp3) is 0.824. The lowest BCUT2D eigenvalue weighted by Crippen LogP contribution is -2.66. The van der Waals surface area contributed by atoms with E-state index in [4.69, 9.17) is 85.3 Å². The molecule has 8 N–H and O–H groups in total. The van der Waals surface area contributed by atoms with Gasteiger partial charge in [0.05, 0.1) is 32.0 Å².